The standard InChI is InChI=1S/C15H12N4O4/c20-14(9-23-11-5-3-4-10(8-11)19(21)22)18-15-16-12-6-1-2-7-13(12)17-15/h1-8H,9H2,(H2,16,17,18,20). The number of anilines is 1. The number of ether oxygens (including phenoxy) is 1. The van der Waals surface area contributed by atoms with Gasteiger partial charge in [0.2, 0.25) is 5.95 Å². The van der Waals surface area contributed by atoms with Gasteiger partial charge in [0.25, 0.3) is 11.6 Å². The molecule has 1 aromatic heterocycles. The number of nitro benzene ring substituents is 1. The number of aromatic amines is 1. The number of nitro groups is 1. The number of non-ortho nitro benzene ring substituents is 1. The van der Waals surface area contributed by atoms with Crippen molar-refractivity contribution in [2.24, 2.45) is 0 Å². The SMILES string of the molecule is O=C(COc1cccc([N+](=O)[O-])c1)Nc1nc2ccccc2[nH]1. The van der Waals surface area contributed by atoms with Crippen LogP contribution in [0.5, 0.6) is 5.75 Å². The summed E-state index contributed by atoms with van der Waals surface area (Å²) in [6, 6.07) is 13.0. The summed E-state index contributed by atoms with van der Waals surface area (Å²) < 4.78 is 5.25. The molecular weight excluding hydrogens is 300 g/mol. The quantitative estimate of drug-likeness (QED) is 0.555. The van der Waals surface area contributed by atoms with Crippen LogP contribution in [-0.2, 0) is 4.79 Å². The smallest absolute Gasteiger partial charge is 0.273 e. The van der Waals surface area contributed by atoms with Gasteiger partial charge >= 0.3 is 0 Å². The van der Waals surface area contributed by atoms with E-state index in [0.29, 0.717) is 5.95 Å². The van der Waals surface area contributed by atoms with Crippen LogP contribution in [-0.4, -0.2) is 27.4 Å². The van der Waals surface area contributed by atoms with Gasteiger partial charge in [0.15, 0.2) is 6.61 Å². The molecule has 0 saturated carbocycles. The molecule has 0 aliphatic heterocycles. The summed E-state index contributed by atoms with van der Waals surface area (Å²) in [5.74, 6) is 0.147. The zero-order valence-electron chi connectivity index (χ0n) is 11.9. The Labute approximate surface area is 130 Å². The van der Waals surface area contributed by atoms with E-state index in [1.54, 1.807) is 6.07 Å². The van der Waals surface area contributed by atoms with Gasteiger partial charge in [-0.25, -0.2) is 4.98 Å². The monoisotopic (exact) mass is 312 g/mol. The first-order chi connectivity index (χ1) is 11.1. The fourth-order valence-electron chi connectivity index (χ4n) is 2.02. The van der Waals surface area contributed by atoms with E-state index in [1.807, 2.05) is 24.3 Å². The highest BCUT2D eigenvalue weighted by Gasteiger charge is 2.10. The van der Waals surface area contributed by atoms with Crippen LogP contribution in [0.3, 0.4) is 0 Å². The van der Waals surface area contributed by atoms with Crippen molar-refractivity contribution in [3.63, 3.8) is 0 Å². The number of para-hydroxylation sites is 2. The third-order valence-corrected chi connectivity index (χ3v) is 3.05. The number of nitrogens with zero attached hydrogens (tertiary/aromatic N) is 2. The second-order valence-electron chi connectivity index (χ2n) is 4.69. The summed E-state index contributed by atoms with van der Waals surface area (Å²) in [6.45, 7) is -0.280. The van der Waals surface area contributed by atoms with Crippen LogP contribution in [0.4, 0.5) is 11.6 Å². The average Bonchev–Trinajstić information content (AvgIpc) is 2.95. The van der Waals surface area contributed by atoms with Gasteiger partial charge in [-0.2, -0.15) is 0 Å². The van der Waals surface area contributed by atoms with Crippen LogP contribution in [0.25, 0.3) is 11.0 Å². The average molecular weight is 312 g/mol. The molecule has 3 aromatic rings. The van der Waals surface area contributed by atoms with Gasteiger partial charge in [-0.1, -0.05) is 18.2 Å². The molecule has 0 radical (unpaired) electrons. The number of carbonyl (C=O) groups is 1. The van der Waals surface area contributed by atoms with E-state index in [0.717, 1.165) is 11.0 Å². The molecule has 8 nitrogen and oxygen atoms in total. The Bertz CT molecular complexity index is 842. The maximum Gasteiger partial charge on any atom is 0.273 e. The van der Waals surface area contributed by atoms with Crippen molar-refractivity contribution >= 4 is 28.6 Å². The lowest BCUT2D eigenvalue weighted by atomic mass is 10.3. The van der Waals surface area contributed by atoms with Crippen LogP contribution in [0.15, 0.2) is 48.5 Å². The zero-order chi connectivity index (χ0) is 16.2. The Morgan fingerprint density at radius 2 is 2.09 bits per heavy atom. The molecule has 1 heterocycles. The molecule has 0 unspecified atom stereocenters. The second-order valence-corrected chi connectivity index (χ2v) is 4.69. The molecule has 0 atom stereocenters. The van der Waals surface area contributed by atoms with E-state index in [9.17, 15) is 14.9 Å². The number of imidazole rings is 1. The highest BCUT2D eigenvalue weighted by molar-refractivity contribution is 5.92. The Morgan fingerprint density at radius 3 is 2.87 bits per heavy atom. The highest BCUT2D eigenvalue weighted by Crippen LogP contribution is 2.19. The highest BCUT2D eigenvalue weighted by atomic mass is 16.6. The molecule has 0 aliphatic rings. The molecule has 2 N–H and O–H groups in total. The number of hydrogen-bond acceptors (Lipinski definition) is 5. The number of nitrogens with one attached hydrogen (secondary N) is 2. The van der Waals surface area contributed by atoms with Gasteiger partial charge in [0.05, 0.1) is 22.0 Å². The van der Waals surface area contributed by atoms with E-state index in [2.05, 4.69) is 15.3 Å². The third-order valence-electron chi connectivity index (χ3n) is 3.05. The summed E-state index contributed by atoms with van der Waals surface area (Å²) in [4.78, 5) is 29.2. The van der Waals surface area contributed by atoms with Gasteiger partial charge in [0, 0.05) is 6.07 Å². The molecule has 0 spiro atoms. The summed E-state index contributed by atoms with van der Waals surface area (Å²) >= 11 is 0. The summed E-state index contributed by atoms with van der Waals surface area (Å²) in [6.07, 6.45) is 0. The van der Waals surface area contributed by atoms with E-state index >= 15 is 0 Å². The molecule has 23 heavy (non-hydrogen) atoms. The van der Waals surface area contributed by atoms with Gasteiger partial charge < -0.3 is 9.72 Å². The second kappa shape index (κ2) is 6.14. The lowest BCUT2D eigenvalue weighted by Gasteiger charge is -2.05. The number of H-pyrrole nitrogens is 1. The number of rotatable bonds is 5. The lowest BCUT2D eigenvalue weighted by Crippen LogP contribution is -2.20. The maximum absolute atomic E-state index is 11.9. The van der Waals surface area contributed by atoms with E-state index in [-0.39, 0.29) is 18.0 Å². The van der Waals surface area contributed by atoms with Crippen LogP contribution in [0.2, 0.25) is 0 Å². The van der Waals surface area contributed by atoms with Crippen LogP contribution >= 0.6 is 0 Å². The molecule has 0 aliphatic carbocycles. The Kier molecular flexibility index (Phi) is 3.88. The van der Waals surface area contributed by atoms with Crippen LogP contribution < -0.4 is 10.1 Å². The van der Waals surface area contributed by atoms with Crippen molar-refractivity contribution in [1.82, 2.24) is 9.97 Å². The normalized spacial score (nSPS) is 10.4. The molecule has 2 aromatic carbocycles. The fourth-order valence-corrected chi connectivity index (χ4v) is 2.02. The first-order valence-electron chi connectivity index (χ1n) is 6.74. The molecule has 3 rings (SSSR count). The first-order valence-corrected chi connectivity index (χ1v) is 6.74. The van der Waals surface area contributed by atoms with Crippen molar-refractivity contribution in [3.8, 4) is 5.75 Å². The number of fused-ring (bicyclic) bond motifs is 1. The predicted octanol–water partition coefficient (Wildman–Crippen LogP) is 2.49. The first kappa shape index (κ1) is 14.5. The molecule has 0 saturated heterocycles. The minimum atomic E-state index is -0.526. The lowest BCUT2D eigenvalue weighted by molar-refractivity contribution is -0.384. The number of carbonyl (C=O) groups excluding carboxylic acids is 1. The van der Waals surface area contributed by atoms with Crippen molar-refractivity contribution in [2.75, 3.05) is 11.9 Å². The predicted molar refractivity (Wildman–Crippen MR) is 83.3 cm³/mol. The Morgan fingerprint density at radius 1 is 1.26 bits per heavy atom. The van der Waals surface area contributed by atoms with Gasteiger partial charge in [0.1, 0.15) is 5.75 Å². The third kappa shape index (κ3) is 3.43. The van der Waals surface area contributed by atoms with Crippen LogP contribution in [0, 0.1) is 10.1 Å². The van der Waals surface area contributed by atoms with Crippen LogP contribution in [0.1, 0.15) is 0 Å². The van der Waals surface area contributed by atoms with Crippen molar-refractivity contribution in [3.05, 3.63) is 58.6 Å². The minimum absolute atomic E-state index is 0.0970. The van der Waals surface area contributed by atoms with Crippen molar-refractivity contribution in [1.29, 1.82) is 0 Å². The molecule has 0 fully saturated rings. The Hall–Kier alpha value is -3.42. The molecule has 1 amide bonds. The van der Waals surface area contributed by atoms with E-state index in [4.69, 9.17) is 4.74 Å². The topological polar surface area (TPSA) is 110 Å². The van der Waals surface area contributed by atoms with E-state index < -0.39 is 10.8 Å². The van der Waals surface area contributed by atoms with E-state index in [1.165, 1.54) is 18.2 Å². The fraction of sp³-hybridized carbons (Fsp3) is 0.0667. The van der Waals surface area contributed by atoms with Gasteiger partial charge in [-0.05, 0) is 18.2 Å². The number of aromatic nitrogens is 2. The zero-order valence-corrected chi connectivity index (χ0v) is 11.9. The summed E-state index contributed by atoms with van der Waals surface area (Å²) in [5, 5.41) is 13.3. The maximum atomic E-state index is 11.9. The van der Waals surface area contributed by atoms with Crippen molar-refractivity contribution in [2.45, 2.75) is 0 Å². The van der Waals surface area contributed by atoms with Gasteiger partial charge in [-0.15, -0.1) is 0 Å². The minimum Gasteiger partial charge on any atom is -0.484 e. The largest absolute Gasteiger partial charge is 0.484 e. The number of benzene rings is 2. The summed E-state index contributed by atoms with van der Waals surface area (Å²) in [7, 11) is 0. The number of hydrogen-bond donors (Lipinski definition) is 2. The van der Waals surface area contributed by atoms with Gasteiger partial charge in [-0.3, -0.25) is 20.2 Å². The molecule has 116 valence electrons. The summed E-state index contributed by atoms with van der Waals surface area (Å²) in [5.41, 5.74) is 1.45. The molecule has 0 bridgehead atoms. The van der Waals surface area contributed by atoms with Crippen molar-refractivity contribution < 1.29 is 14.5 Å². The Balaban J connectivity index is 1.61. The molecular formula is C15H12N4O4. The number of amides is 1. The molecule has 8 heteroatoms.